The predicted octanol–water partition coefficient (Wildman–Crippen LogP) is 1.71. The Kier molecular flexibility index (Phi) is 3.86. The Morgan fingerprint density at radius 2 is 2.06 bits per heavy atom. The molecule has 0 unspecified atom stereocenters. The number of aliphatic hydroxyl groups is 1. The fraction of sp³-hybridized carbons (Fsp3) is 0.308. The van der Waals surface area contributed by atoms with E-state index < -0.39 is 0 Å². The molecule has 2 rings (SSSR count). The van der Waals surface area contributed by atoms with Crippen molar-refractivity contribution < 1.29 is 5.11 Å². The number of para-hydroxylation sites is 1. The zero-order chi connectivity index (χ0) is 11.2. The van der Waals surface area contributed by atoms with E-state index in [0.29, 0.717) is 0 Å². The standard InChI is InChI=1S/C13H16N2O/c16-9-3-7-14-10-11-6-8-15-13-5-2-1-4-12(11)13/h1-2,4-6,8,14,16H,3,7,9-10H2. The smallest absolute Gasteiger partial charge is 0.0705 e. The van der Waals surface area contributed by atoms with Crippen molar-refractivity contribution in [2.24, 2.45) is 0 Å². The van der Waals surface area contributed by atoms with Gasteiger partial charge in [-0.3, -0.25) is 4.98 Å². The Morgan fingerprint density at radius 3 is 2.94 bits per heavy atom. The average Bonchev–Trinajstić information content (AvgIpc) is 2.35. The van der Waals surface area contributed by atoms with E-state index in [0.717, 1.165) is 25.0 Å². The van der Waals surface area contributed by atoms with Gasteiger partial charge in [0.2, 0.25) is 0 Å². The highest BCUT2D eigenvalue weighted by atomic mass is 16.3. The second-order valence-electron chi connectivity index (χ2n) is 3.74. The van der Waals surface area contributed by atoms with Crippen LogP contribution in [0.3, 0.4) is 0 Å². The number of hydrogen-bond acceptors (Lipinski definition) is 3. The first-order valence-electron chi connectivity index (χ1n) is 5.56. The molecule has 3 nitrogen and oxygen atoms in total. The summed E-state index contributed by atoms with van der Waals surface area (Å²) in [6.45, 7) is 1.90. The maximum absolute atomic E-state index is 8.69. The third-order valence-electron chi connectivity index (χ3n) is 2.57. The van der Waals surface area contributed by atoms with Gasteiger partial charge in [0.1, 0.15) is 0 Å². The molecule has 0 radical (unpaired) electrons. The molecule has 0 atom stereocenters. The van der Waals surface area contributed by atoms with Gasteiger partial charge in [0, 0.05) is 24.7 Å². The van der Waals surface area contributed by atoms with Crippen LogP contribution in [-0.4, -0.2) is 23.2 Å². The van der Waals surface area contributed by atoms with Gasteiger partial charge in [0.05, 0.1) is 5.52 Å². The second kappa shape index (κ2) is 5.58. The lowest BCUT2D eigenvalue weighted by atomic mass is 10.1. The number of fused-ring (bicyclic) bond motifs is 1. The van der Waals surface area contributed by atoms with E-state index in [-0.39, 0.29) is 6.61 Å². The molecule has 0 aliphatic carbocycles. The number of pyridine rings is 1. The quantitative estimate of drug-likeness (QED) is 0.748. The van der Waals surface area contributed by atoms with Crippen molar-refractivity contribution in [2.45, 2.75) is 13.0 Å². The van der Waals surface area contributed by atoms with Crippen LogP contribution in [0.15, 0.2) is 36.5 Å². The summed E-state index contributed by atoms with van der Waals surface area (Å²) in [6.07, 6.45) is 2.63. The van der Waals surface area contributed by atoms with Gasteiger partial charge in [-0.15, -0.1) is 0 Å². The minimum absolute atomic E-state index is 0.240. The molecule has 0 amide bonds. The first-order valence-corrected chi connectivity index (χ1v) is 5.56. The maximum atomic E-state index is 8.69. The summed E-state index contributed by atoms with van der Waals surface area (Å²) in [5.41, 5.74) is 2.28. The molecule has 0 saturated carbocycles. The molecule has 84 valence electrons. The number of rotatable bonds is 5. The normalized spacial score (nSPS) is 10.8. The summed E-state index contributed by atoms with van der Waals surface area (Å²) in [5.74, 6) is 0. The van der Waals surface area contributed by atoms with Gasteiger partial charge < -0.3 is 10.4 Å². The van der Waals surface area contributed by atoms with E-state index in [4.69, 9.17) is 5.11 Å². The molecule has 16 heavy (non-hydrogen) atoms. The second-order valence-corrected chi connectivity index (χ2v) is 3.74. The zero-order valence-electron chi connectivity index (χ0n) is 9.19. The zero-order valence-corrected chi connectivity index (χ0v) is 9.19. The largest absolute Gasteiger partial charge is 0.396 e. The van der Waals surface area contributed by atoms with E-state index in [1.807, 2.05) is 30.5 Å². The highest BCUT2D eigenvalue weighted by Gasteiger charge is 1.99. The van der Waals surface area contributed by atoms with Crippen molar-refractivity contribution in [2.75, 3.05) is 13.2 Å². The number of benzene rings is 1. The minimum atomic E-state index is 0.240. The highest BCUT2D eigenvalue weighted by molar-refractivity contribution is 5.81. The summed E-state index contributed by atoms with van der Waals surface area (Å²) < 4.78 is 0. The summed E-state index contributed by atoms with van der Waals surface area (Å²) >= 11 is 0. The average molecular weight is 216 g/mol. The number of hydrogen-bond donors (Lipinski definition) is 2. The minimum Gasteiger partial charge on any atom is -0.396 e. The Balaban J connectivity index is 2.11. The third-order valence-corrected chi connectivity index (χ3v) is 2.57. The fourth-order valence-corrected chi connectivity index (χ4v) is 1.74. The van der Waals surface area contributed by atoms with Crippen LogP contribution in [0.25, 0.3) is 10.9 Å². The molecule has 0 aliphatic heterocycles. The Labute approximate surface area is 95.1 Å². The van der Waals surface area contributed by atoms with Gasteiger partial charge >= 0.3 is 0 Å². The van der Waals surface area contributed by atoms with Gasteiger partial charge in [0.15, 0.2) is 0 Å². The van der Waals surface area contributed by atoms with Crippen LogP contribution in [0.4, 0.5) is 0 Å². The summed E-state index contributed by atoms with van der Waals surface area (Å²) in [4.78, 5) is 4.32. The molecule has 0 spiro atoms. The summed E-state index contributed by atoms with van der Waals surface area (Å²) in [7, 11) is 0. The van der Waals surface area contributed by atoms with Crippen LogP contribution in [0.1, 0.15) is 12.0 Å². The Hall–Kier alpha value is -1.45. The number of nitrogens with zero attached hydrogens (tertiary/aromatic N) is 1. The van der Waals surface area contributed by atoms with E-state index in [9.17, 15) is 0 Å². The van der Waals surface area contributed by atoms with Gasteiger partial charge in [-0.05, 0) is 30.7 Å². The van der Waals surface area contributed by atoms with Gasteiger partial charge in [-0.25, -0.2) is 0 Å². The molecule has 2 N–H and O–H groups in total. The van der Waals surface area contributed by atoms with E-state index in [2.05, 4.69) is 16.4 Å². The Bertz CT molecular complexity index is 451. The van der Waals surface area contributed by atoms with Crippen LogP contribution in [0.5, 0.6) is 0 Å². The van der Waals surface area contributed by atoms with Gasteiger partial charge in [-0.2, -0.15) is 0 Å². The monoisotopic (exact) mass is 216 g/mol. The molecule has 3 heteroatoms. The molecular weight excluding hydrogens is 200 g/mol. The van der Waals surface area contributed by atoms with Gasteiger partial charge in [0.25, 0.3) is 0 Å². The molecule has 1 aromatic carbocycles. The molecule has 1 heterocycles. The van der Waals surface area contributed by atoms with Crippen molar-refractivity contribution >= 4 is 10.9 Å². The number of aliphatic hydroxyl groups excluding tert-OH is 1. The topological polar surface area (TPSA) is 45.1 Å². The van der Waals surface area contributed by atoms with Crippen molar-refractivity contribution in [1.29, 1.82) is 0 Å². The van der Waals surface area contributed by atoms with Gasteiger partial charge in [-0.1, -0.05) is 18.2 Å². The van der Waals surface area contributed by atoms with Crippen LogP contribution in [0, 0.1) is 0 Å². The van der Waals surface area contributed by atoms with E-state index >= 15 is 0 Å². The first kappa shape index (κ1) is 11.0. The predicted molar refractivity (Wildman–Crippen MR) is 65.2 cm³/mol. The summed E-state index contributed by atoms with van der Waals surface area (Å²) in [6, 6.07) is 10.2. The fourth-order valence-electron chi connectivity index (χ4n) is 1.74. The SMILES string of the molecule is OCCCNCc1ccnc2ccccc12. The molecule has 0 bridgehead atoms. The van der Waals surface area contributed by atoms with Crippen LogP contribution >= 0.6 is 0 Å². The highest BCUT2D eigenvalue weighted by Crippen LogP contribution is 2.15. The lowest BCUT2D eigenvalue weighted by molar-refractivity contribution is 0.286. The molecule has 2 aromatic rings. The Morgan fingerprint density at radius 1 is 1.19 bits per heavy atom. The molecule has 0 aliphatic rings. The molecule has 0 fully saturated rings. The lowest BCUT2D eigenvalue weighted by Gasteiger charge is -2.06. The molecule has 1 aromatic heterocycles. The van der Waals surface area contributed by atoms with Crippen LogP contribution in [0.2, 0.25) is 0 Å². The van der Waals surface area contributed by atoms with Crippen molar-refractivity contribution in [3.8, 4) is 0 Å². The molecular formula is C13H16N2O. The van der Waals surface area contributed by atoms with Crippen LogP contribution < -0.4 is 5.32 Å². The summed E-state index contributed by atoms with van der Waals surface area (Å²) in [5, 5.41) is 13.2. The van der Waals surface area contributed by atoms with Crippen LogP contribution in [-0.2, 0) is 6.54 Å². The maximum Gasteiger partial charge on any atom is 0.0705 e. The van der Waals surface area contributed by atoms with E-state index in [1.54, 1.807) is 0 Å². The number of nitrogens with one attached hydrogen (secondary N) is 1. The van der Waals surface area contributed by atoms with E-state index in [1.165, 1.54) is 10.9 Å². The van der Waals surface area contributed by atoms with Crippen molar-refractivity contribution in [3.63, 3.8) is 0 Å². The van der Waals surface area contributed by atoms with Crippen molar-refractivity contribution in [1.82, 2.24) is 10.3 Å². The lowest BCUT2D eigenvalue weighted by Crippen LogP contribution is -2.15. The van der Waals surface area contributed by atoms with Crippen molar-refractivity contribution in [3.05, 3.63) is 42.1 Å². The number of aromatic nitrogens is 1. The first-order chi connectivity index (χ1) is 7.92. The third kappa shape index (κ3) is 2.56. The molecule has 0 saturated heterocycles.